The Morgan fingerprint density at radius 1 is 0.431 bits per heavy atom. The van der Waals surface area contributed by atoms with E-state index in [0.717, 1.165) is 44.4 Å². The molecule has 0 N–H and O–H groups in total. The monoisotopic (exact) mass is 740 g/mol. The number of nitriles is 4. The molecule has 2 aromatic heterocycles. The first-order chi connectivity index (χ1) is 28.6. The van der Waals surface area contributed by atoms with Gasteiger partial charge in [-0.15, -0.1) is 0 Å². The van der Waals surface area contributed by atoms with Gasteiger partial charge in [-0.2, -0.15) is 21.0 Å². The van der Waals surface area contributed by atoms with Gasteiger partial charge in [0.2, 0.25) is 0 Å². The normalized spacial score (nSPS) is 10.7. The van der Waals surface area contributed by atoms with Gasteiger partial charge in [0, 0.05) is 50.2 Å². The molecule has 0 bridgehead atoms. The fraction of sp³-hybridized carbons (Fsp3) is 0. The van der Waals surface area contributed by atoms with Crippen LogP contribution < -0.4 is 4.90 Å². The maximum atomic E-state index is 10.8. The van der Waals surface area contributed by atoms with E-state index in [1.807, 2.05) is 54.6 Å². The first-order valence-corrected chi connectivity index (χ1v) is 18.4. The zero-order valence-electron chi connectivity index (χ0n) is 30.7. The average Bonchev–Trinajstić information content (AvgIpc) is 3.63. The summed E-state index contributed by atoms with van der Waals surface area (Å²) in [6.45, 7) is 0. The van der Waals surface area contributed by atoms with Crippen molar-refractivity contribution in [1.29, 1.82) is 21.0 Å². The van der Waals surface area contributed by atoms with E-state index in [9.17, 15) is 21.0 Å². The lowest BCUT2D eigenvalue weighted by Gasteiger charge is -2.25. The Morgan fingerprint density at radius 3 is 1.55 bits per heavy atom. The zero-order valence-corrected chi connectivity index (χ0v) is 30.7. The van der Waals surface area contributed by atoms with Crippen LogP contribution >= 0.6 is 0 Å². The summed E-state index contributed by atoms with van der Waals surface area (Å²) < 4.78 is 2.10. The molecule has 9 rings (SSSR count). The number of para-hydroxylation sites is 3. The van der Waals surface area contributed by atoms with Crippen molar-refractivity contribution >= 4 is 38.9 Å². The Bertz CT molecular complexity index is 3040. The molecule has 268 valence electrons. The fourth-order valence-electron chi connectivity index (χ4n) is 7.45. The quantitative estimate of drug-likeness (QED) is 0.159. The minimum atomic E-state index is 0.270. The number of hydrogen-bond donors (Lipinski definition) is 0. The van der Waals surface area contributed by atoms with E-state index in [4.69, 9.17) is 9.97 Å². The predicted molar refractivity (Wildman–Crippen MR) is 226 cm³/mol. The van der Waals surface area contributed by atoms with Crippen molar-refractivity contribution in [1.82, 2.24) is 14.5 Å². The summed E-state index contributed by atoms with van der Waals surface area (Å²) in [5.74, 6) is 0.358. The molecule has 0 fully saturated rings. The van der Waals surface area contributed by atoms with Crippen LogP contribution in [0.5, 0.6) is 0 Å². The summed E-state index contributed by atoms with van der Waals surface area (Å²) in [5.41, 5.74) is 9.78. The molecule has 0 saturated carbocycles. The molecule has 9 aromatic rings. The first kappa shape index (κ1) is 34.9. The van der Waals surface area contributed by atoms with Crippen molar-refractivity contribution in [2.75, 3.05) is 4.90 Å². The van der Waals surface area contributed by atoms with Crippen LogP contribution in [0.2, 0.25) is 0 Å². The van der Waals surface area contributed by atoms with E-state index in [1.54, 1.807) is 66.7 Å². The minimum Gasteiger partial charge on any atom is -0.310 e. The third-order valence-corrected chi connectivity index (χ3v) is 10.1. The van der Waals surface area contributed by atoms with Crippen LogP contribution in [-0.4, -0.2) is 14.5 Å². The molecule has 8 nitrogen and oxygen atoms in total. The predicted octanol–water partition coefficient (Wildman–Crippen LogP) is 11.5. The third-order valence-electron chi connectivity index (χ3n) is 10.1. The fourth-order valence-corrected chi connectivity index (χ4v) is 7.45. The summed E-state index contributed by atoms with van der Waals surface area (Å²) in [7, 11) is 0. The molecule has 0 radical (unpaired) electrons. The maximum absolute atomic E-state index is 10.8. The Labute approximate surface area is 334 Å². The molecule has 58 heavy (non-hydrogen) atoms. The van der Waals surface area contributed by atoms with E-state index in [1.165, 1.54) is 0 Å². The number of rotatable bonds is 7. The van der Waals surface area contributed by atoms with Crippen LogP contribution in [0.1, 0.15) is 22.3 Å². The van der Waals surface area contributed by atoms with Crippen LogP contribution in [-0.2, 0) is 0 Å². The molecule has 0 saturated heterocycles. The highest BCUT2D eigenvalue weighted by Gasteiger charge is 2.22. The second kappa shape index (κ2) is 14.8. The number of aromatic nitrogens is 3. The second-order valence-electron chi connectivity index (χ2n) is 13.5. The van der Waals surface area contributed by atoms with Crippen LogP contribution in [0, 0.1) is 45.3 Å². The molecule has 7 aromatic carbocycles. The summed E-state index contributed by atoms with van der Waals surface area (Å²) >= 11 is 0. The number of nitrogens with zero attached hydrogens (tertiary/aromatic N) is 8. The van der Waals surface area contributed by atoms with E-state index in [-0.39, 0.29) is 11.1 Å². The number of hydrogen-bond acceptors (Lipinski definition) is 7. The van der Waals surface area contributed by atoms with Crippen LogP contribution in [0.3, 0.4) is 0 Å². The molecule has 0 aliphatic heterocycles. The van der Waals surface area contributed by atoms with Gasteiger partial charge in [-0.1, -0.05) is 66.7 Å². The van der Waals surface area contributed by atoms with E-state index < -0.39 is 0 Å². The SMILES string of the molecule is N#Cc1ccc(-c2cc(-c3c(C#N)cc(-n4c5ccccc5c5cc(N(c6ccccc6)c6ccccc6)ccc54)cc3C#N)nc(-c3ccc(C#N)cc3)n2)cc1. The van der Waals surface area contributed by atoms with Gasteiger partial charge >= 0.3 is 0 Å². The van der Waals surface area contributed by atoms with Gasteiger partial charge in [-0.3, -0.25) is 0 Å². The molecule has 0 aliphatic carbocycles. The van der Waals surface area contributed by atoms with Gasteiger partial charge in [0.15, 0.2) is 5.82 Å². The Hall–Kier alpha value is -8.82. The summed E-state index contributed by atoms with van der Waals surface area (Å²) in [4.78, 5) is 12.0. The lowest BCUT2D eigenvalue weighted by Crippen LogP contribution is -2.09. The van der Waals surface area contributed by atoms with Crippen molar-refractivity contribution in [2.24, 2.45) is 0 Å². The van der Waals surface area contributed by atoms with Gasteiger partial charge in [-0.25, -0.2) is 9.97 Å². The van der Waals surface area contributed by atoms with Crippen molar-refractivity contribution in [3.63, 3.8) is 0 Å². The number of anilines is 3. The Balaban J connectivity index is 1.23. The highest BCUT2D eigenvalue weighted by Crippen LogP contribution is 2.41. The Kier molecular flexibility index (Phi) is 8.90. The van der Waals surface area contributed by atoms with Crippen molar-refractivity contribution in [3.05, 3.63) is 192 Å². The zero-order chi connectivity index (χ0) is 39.6. The topological polar surface area (TPSA) is 129 Å². The van der Waals surface area contributed by atoms with E-state index >= 15 is 0 Å². The Morgan fingerprint density at radius 2 is 0.966 bits per heavy atom. The molecule has 2 heterocycles. The van der Waals surface area contributed by atoms with Gasteiger partial charge in [0.05, 0.1) is 69.0 Å². The standard InChI is InChI=1S/C50H28N8/c51-29-33-15-19-35(20-16-33)45-28-46(56-50(55-45)36-21-17-34(30-52)18-22-36)49-37(31-53)25-42(26-38(49)32-54)58-47-14-8-7-13-43(47)44-27-41(23-24-48(44)58)57(39-9-3-1-4-10-39)40-11-5-2-6-12-40/h1-28H. The van der Waals surface area contributed by atoms with E-state index in [2.05, 4.69) is 82.3 Å². The molecular weight excluding hydrogens is 713 g/mol. The van der Waals surface area contributed by atoms with Gasteiger partial charge in [-0.05, 0) is 103 Å². The van der Waals surface area contributed by atoms with Gasteiger partial charge < -0.3 is 9.47 Å². The second-order valence-corrected chi connectivity index (χ2v) is 13.5. The van der Waals surface area contributed by atoms with E-state index in [0.29, 0.717) is 45.2 Å². The minimum absolute atomic E-state index is 0.270. The maximum Gasteiger partial charge on any atom is 0.160 e. The number of fused-ring (bicyclic) bond motifs is 3. The smallest absolute Gasteiger partial charge is 0.160 e. The highest BCUT2D eigenvalue weighted by atomic mass is 15.1. The molecule has 0 unspecified atom stereocenters. The summed E-state index contributed by atoms with van der Waals surface area (Å²) in [5, 5.41) is 42.4. The van der Waals surface area contributed by atoms with Crippen LogP contribution in [0.15, 0.2) is 170 Å². The van der Waals surface area contributed by atoms with Gasteiger partial charge in [0.1, 0.15) is 0 Å². The molecule has 0 aliphatic rings. The highest BCUT2D eigenvalue weighted by molar-refractivity contribution is 6.10. The van der Waals surface area contributed by atoms with Crippen molar-refractivity contribution < 1.29 is 0 Å². The number of benzene rings is 7. The summed E-state index contributed by atoms with van der Waals surface area (Å²) in [6, 6.07) is 63.4. The third kappa shape index (κ3) is 6.22. The van der Waals surface area contributed by atoms with Crippen LogP contribution in [0.25, 0.3) is 61.4 Å². The summed E-state index contributed by atoms with van der Waals surface area (Å²) in [6.07, 6.45) is 0. The molecular formula is C50H28N8. The lowest BCUT2D eigenvalue weighted by atomic mass is 9.96. The average molecular weight is 741 g/mol. The lowest BCUT2D eigenvalue weighted by molar-refractivity contribution is 1.16. The molecule has 0 atom stereocenters. The largest absolute Gasteiger partial charge is 0.310 e. The first-order valence-electron chi connectivity index (χ1n) is 18.4. The molecule has 0 amide bonds. The molecule has 0 spiro atoms. The van der Waals surface area contributed by atoms with Crippen molar-refractivity contribution in [2.45, 2.75) is 0 Å². The molecule has 8 heteroatoms. The van der Waals surface area contributed by atoms with Crippen LogP contribution in [0.4, 0.5) is 17.1 Å². The van der Waals surface area contributed by atoms with Gasteiger partial charge in [0.25, 0.3) is 0 Å². The van der Waals surface area contributed by atoms with Crippen molar-refractivity contribution in [3.8, 4) is 63.9 Å².